The number of carbonyl (C=O) groups excluding carboxylic acids is 1. The fourth-order valence-corrected chi connectivity index (χ4v) is 4.04. The van der Waals surface area contributed by atoms with Crippen LogP contribution in [0.1, 0.15) is 30.4 Å². The number of nitrogens with one attached hydrogen (secondary N) is 1. The smallest absolute Gasteiger partial charge is 0.224 e. The van der Waals surface area contributed by atoms with Crippen molar-refractivity contribution in [2.45, 2.75) is 38.6 Å². The molecular formula is C17H25ClN2O. The Kier molecular flexibility index (Phi) is 5.28. The molecule has 0 radical (unpaired) electrons. The lowest BCUT2D eigenvalue weighted by atomic mass is 9.84. The van der Waals surface area contributed by atoms with Gasteiger partial charge in [-0.15, -0.1) is 12.4 Å². The van der Waals surface area contributed by atoms with Gasteiger partial charge in [0.25, 0.3) is 0 Å². The monoisotopic (exact) mass is 308 g/mol. The third-order valence-electron chi connectivity index (χ3n) is 5.08. The van der Waals surface area contributed by atoms with E-state index in [0.717, 1.165) is 12.8 Å². The minimum absolute atomic E-state index is 0. The summed E-state index contributed by atoms with van der Waals surface area (Å²) in [5.41, 5.74) is 8.75. The Bertz CT molecular complexity index is 503. The van der Waals surface area contributed by atoms with E-state index < -0.39 is 0 Å². The molecule has 4 heteroatoms. The molecule has 1 aromatic rings. The molecule has 2 aliphatic carbocycles. The number of halogens is 1. The molecule has 0 aliphatic heterocycles. The van der Waals surface area contributed by atoms with Gasteiger partial charge in [0.2, 0.25) is 5.91 Å². The fraction of sp³-hybridized carbons (Fsp3) is 0.588. The number of hydrogen-bond donors (Lipinski definition) is 2. The lowest BCUT2D eigenvalue weighted by Crippen LogP contribution is -2.45. The summed E-state index contributed by atoms with van der Waals surface area (Å²) < 4.78 is 0. The fourth-order valence-electron chi connectivity index (χ4n) is 4.04. The summed E-state index contributed by atoms with van der Waals surface area (Å²) >= 11 is 0. The van der Waals surface area contributed by atoms with E-state index in [1.807, 2.05) is 0 Å². The number of amides is 1. The summed E-state index contributed by atoms with van der Waals surface area (Å²) in [5.74, 6) is 1.37. The first kappa shape index (κ1) is 16.3. The lowest BCUT2D eigenvalue weighted by molar-refractivity contribution is -0.127. The second kappa shape index (κ2) is 6.80. The van der Waals surface area contributed by atoms with Gasteiger partial charge in [-0.1, -0.05) is 29.8 Å². The van der Waals surface area contributed by atoms with Crippen molar-refractivity contribution in [2.24, 2.45) is 23.5 Å². The van der Waals surface area contributed by atoms with Gasteiger partial charge in [-0.3, -0.25) is 4.79 Å². The van der Waals surface area contributed by atoms with Crippen LogP contribution < -0.4 is 11.1 Å². The summed E-state index contributed by atoms with van der Waals surface area (Å²) in [6, 6.07) is 8.54. The quantitative estimate of drug-likeness (QED) is 0.897. The SMILES string of the molecule is Cc1cccc(CCNC(=O)C2C3CCC(C3)C2N)c1.Cl. The molecule has 2 saturated carbocycles. The van der Waals surface area contributed by atoms with E-state index in [9.17, 15) is 4.79 Å². The highest BCUT2D eigenvalue weighted by Crippen LogP contribution is 2.47. The highest BCUT2D eigenvalue weighted by atomic mass is 35.5. The minimum Gasteiger partial charge on any atom is -0.355 e. The highest BCUT2D eigenvalue weighted by molar-refractivity contribution is 5.85. The molecule has 3 nitrogen and oxygen atoms in total. The summed E-state index contributed by atoms with van der Waals surface area (Å²) in [6.45, 7) is 2.80. The van der Waals surface area contributed by atoms with Crippen LogP contribution in [0, 0.1) is 24.7 Å². The highest BCUT2D eigenvalue weighted by Gasteiger charge is 2.48. The van der Waals surface area contributed by atoms with Crippen molar-refractivity contribution in [3.63, 3.8) is 0 Å². The Morgan fingerprint density at radius 2 is 2.10 bits per heavy atom. The number of carbonyl (C=O) groups is 1. The van der Waals surface area contributed by atoms with Crippen molar-refractivity contribution in [1.29, 1.82) is 0 Å². The van der Waals surface area contributed by atoms with E-state index in [4.69, 9.17) is 5.73 Å². The molecule has 3 rings (SSSR count). The average Bonchev–Trinajstić information content (AvgIpc) is 2.99. The summed E-state index contributed by atoms with van der Waals surface area (Å²) in [4.78, 5) is 12.3. The van der Waals surface area contributed by atoms with Crippen LogP contribution >= 0.6 is 12.4 Å². The van der Waals surface area contributed by atoms with Crippen molar-refractivity contribution in [2.75, 3.05) is 6.54 Å². The normalized spacial score (nSPS) is 30.0. The number of benzene rings is 1. The first-order valence-corrected chi connectivity index (χ1v) is 7.74. The Morgan fingerprint density at radius 1 is 1.33 bits per heavy atom. The number of rotatable bonds is 4. The van der Waals surface area contributed by atoms with Crippen LogP contribution in [0.4, 0.5) is 0 Å². The van der Waals surface area contributed by atoms with Crippen molar-refractivity contribution < 1.29 is 4.79 Å². The Balaban J connectivity index is 0.00000161. The molecule has 2 aliphatic rings. The molecule has 0 heterocycles. The zero-order valence-electron chi connectivity index (χ0n) is 12.5. The standard InChI is InChI=1S/C17H24N2O.ClH/c1-11-3-2-4-12(9-11)7-8-19-17(20)15-13-5-6-14(10-13)16(15)18;/h2-4,9,13-16H,5-8,10,18H2,1H3,(H,19,20);1H. The molecule has 0 aromatic heterocycles. The van der Waals surface area contributed by atoms with Crippen LogP contribution in [0.2, 0.25) is 0 Å². The van der Waals surface area contributed by atoms with Gasteiger partial charge in [0.05, 0.1) is 5.92 Å². The zero-order chi connectivity index (χ0) is 14.1. The van der Waals surface area contributed by atoms with Crippen LogP contribution in [0.15, 0.2) is 24.3 Å². The molecule has 4 atom stereocenters. The van der Waals surface area contributed by atoms with Gasteiger partial charge in [0, 0.05) is 12.6 Å². The first-order chi connectivity index (χ1) is 9.65. The largest absolute Gasteiger partial charge is 0.355 e. The molecule has 0 saturated heterocycles. The molecule has 21 heavy (non-hydrogen) atoms. The lowest BCUT2D eigenvalue weighted by Gasteiger charge is -2.27. The second-order valence-electron chi connectivity index (χ2n) is 6.47. The molecule has 1 aromatic carbocycles. The molecule has 0 spiro atoms. The van der Waals surface area contributed by atoms with Gasteiger partial charge in [-0.25, -0.2) is 0 Å². The van der Waals surface area contributed by atoms with E-state index in [1.165, 1.54) is 24.0 Å². The van der Waals surface area contributed by atoms with Gasteiger partial charge in [0.15, 0.2) is 0 Å². The van der Waals surface area contributed by atoms with E-state index in [-0.39, 0.29) is 30.3 Å². The molecule has 116 valence electrons. The maximum atomic E-state index is 12.3. The molecular weight excluding hydrogens is 284 g/mol. The maximum absolute atomic E-state index is 12.3. The Hall–Kier alpha value is -1.06. The minimum atomic E-state index is 0. The van der Waals surface area contributed by atoms with Crippen LogP contribution in [-0.2, 0) is 11.2 Å². The van der Waals surface area contributed by atoms with Gasteiger partial charge in [0.1, 0.15) is 0 Å². The van der Waals surface area contributed by atoms with Gasteiger partial charge in [-0.2, -0.15) is 0 Å². The maximum Gasteiger partial charge on any atom is 0.224 e. The third-order valence-corrected chi connectivity index (χ3v) is 5.08. The van der Waals surface area contributed by atoms with Crippen molar-refractivity contribution in [3.8, 4) is 0 Å². The van der Waals surface area contributed by atoms with Gasteiger partial charge < -0.3 is 11.1 Å². The van der Waals surface area contributed by atoms with Gasteiger partial charge in [-0.05, 0) is 50.0 Å². The first-order valence-electron chi connectivity index (χ1n) is 7.74. The number of aryl methyl sites for hydroxylation is 1. The molecule has 2 bridgehead atoms. The molecule has 4 unspecified atom stereocenters. The predicted molar refractivity (Wildman–Crippen MR) is 87.4 cm³/mol. The molecule has 2 fully saturated rings. The summed E-state index contributed by atoms with van der Waals surface area (Å²) in [6.07, 6.45) is 4.47. The van der Waals surface area contributed by atoms with Crippen LogP contribution in [0.25, 0.3) is 0 Å². The van der Waals surface area contributed by atoms with Crippen molar-refractivity contribution in [1.82, 2.24) is 5.32 Å². The third kappa shape index (κ3) is 3.41. The summed E-state index contributed by atoms with van der Waals surface area (Å²) in [7, 11) is 0. The zero-order valence-corrected chi connectivity index (χ0v) is 13.4. The van der Waals surface area contributed by atoms with Crippen molar-refractivity contribution in [3.05, 3.63) is 35.4 Å². The molecule has 3 N–H and O–H groups in total. The van der Waals surface area contributed by atoms with E-state index >= 15 is 0 Å². The number of fused-ring (bicyclic) bond motifs is 2. The van der Waals surface area contributed by atoms with E-state index in [0.29, 0.717) is 18.4 Å². The Morgan fingerprint density at radius 3 is 2.76 bits per heavy atom. The van der Waals surface area contributed by atoms with Crippen LogP contribution in [-0.4, -0.2) is 18.5 Å². The average molecular weight is 309 g/mol. The number of hydrogen-bond acceptors (Lipinski definition) is 2. The predicted octanol–water partition coefficient (Wildman–Crippen LogP) is 2.45. The van der Waals surface area contributed by atoms with Crippen LogP contribution in [0.3, 0.4) is 0 Å². The number of nitrogens with two attached hydrogens (primary N) is 1. The van der Waals surface area contributed by atoms with Crippen LogP contribution in [0.5, 0.6) is 0 Å². The molecule has 1 amide bonds. The van der Waals surface area contributed by atoms with E-state index in [2.05, 4.69) is 36.5 Å². The van der Waals surface area contributed by atoms with Gasteiger partial charge >= 0.3 is 0 Å². The topological polar surface area (TPSA) is 55.1 Å². The second-order valence-corrected chi connectivity index (χ2v) is 6.47. The Labute approximate surface area is 133 Å². The van der Waals surface area contributed by atoms with E-state index in [1.54, 1.807) is 0 Å². The van der Waals surface area contributed by atoms with Crippen molar-refractivity contribution >= 4 is 18.3 Å². The summed E-state index contributed by atoms with van der Waals surface area (Å²) in [5, 5.41) is 3.09.